The summed E-state index contributed by atoms with van der Waals surface area (Å²) in [6.45, 7) is 4.90. The fourth-order valence-corrected chi connectivity index (χ4v) is 3.81. The van der Waals surface area contributed by atoms with Gasteiger partial charge in [-0.1, -0.05) is 0 Å². The summed E-state index contributed by atoms with van der Waals surface area (Å²) in [6, 6.07) is 3.69. The number of hydrogen-bond donors (Lipinski definition) is 2. The first-order valence-electron chi connectivity index (χ1n) is 9.79. The summed E-state index contributed by atoms with van der Waals surface area (Å²) in [5.41, 5.74) is 1.94. The number of carbonyl (C=O) groups is 3. The summed E-state index contributed by atoms with van der Waals surface area (Å²) >= 11 is 0. The van der Waals surface area contributed by atoms with Gasteiger partial charge in [0.05, 0.1) is 24.9 Å². The van der Waals surface area contributed by atoms with Crippen molar-refractivity contribution in [1.29, 1.82) is 0 Å². The van der Waals surface area contributed by atoms with Crippen molar-refractivity contribution in [3.8, 4) is 0 Å². The molecule has 1 saturated heterocycles. The van der Waals surface area contributed by atoms with Crippen LogP contribution in [-0.4, -0.2) is 54.4 Å². The zero-order chi connectivity index (χ0) is 21.0. The van der Waals surface area contributed by atoms with E-state index in [2.05, 4.69) is 10.3 Å². The van der Waals surface area contributed by atoms with Crippen LogP contribution in [0.5, 0.6) is 0 Å². The van der Waals surface area contributed by atoms with Crippen molar-refractivity contribution in [2.45, 2.75) is 33.1 Å². The first kappa shape index (κ1) is 20.7. The predicted octanol–water partition coefficient (Wildman–Crippen LogP) is 2.22. The van der Waals surface area contributed by atoms with E-state index in [9.17, 15) is 14.4 Å². The Hall–Kier alpha value is -3.03. The van der Waals surface area contributed by atoms with Gasteiger partial charge >= 0.3 is 5.97 Å². The minimum atomic E-state index is -0.470. The summed E-state index contributed by atoms with van der Waals surface area (Å²) in [7, 11) is 1.31. The molecule has 2 aromatic heterocycles. The summed E-state index contributed by atoms with van der Waals surface area (Å²) < 4.78 is 10.1. The van der Waals surface area contributed by atoms with Crippen molar-refractivity contribution in [3.05, 3.63) is 46.7 Å². The highest BCUT2D eigenvalue weighted by Gasteiger charge is 2.31. The van der Waals surface area contributed by atoms with Crippen LogP contribution in [0.3, 0.4) is 0 Å². The molecule has 0 spiro atoms. The third-order valence-electron chi connectivity index (χ3n) is 5.37. The van der Waals surface area contributed by atoms with Gasteiger partial charge in [0.15, 0.2) is 0 Å². The number of furan rings is 1. The lowest BCUT2D eigenvalue weighted by Crippen LogP contribution is -2.46. The van der Waals surface area contributed by atoms with Crippen molar-refractivity contribution in [3.63, 3.8) is 0 Å². The molecule has 1 aliphatic heterocycles. The quantitative estimate of drug-likeness (QED) is 0.722. The Morgan fingerprint density at radius 3 is 2.83 bits per heavy atom. The van der Waals surface area contributed by atoms with Gasteiger partial charge in [-0.15, -0.1) is 0 Å². The molecule has 1 fully saturated rings. The molecular weight excluding hydrogens is 374 g/mol. The second-order valence-corrected chi connectivity index (χ2v) is 7.33. The Labute approximate surface area is 169 Å². The topological polar surface area (TPSA) is 105 Å². The van der Waals surface area contributed by atoms with Gasteiger partial charge in [0.1, 0.15) is 11.5 Å². The van der Waals surface area contributed by atoms with E-state index in [0.29, 0.717) is 48.6 Å². The summed E-state index contributed by atoms with van der Waals surface area (Å²) in [4.78, 5) is 42.2. The highest BCUT2D eigenvalue weighted by molar-refractivity contribution is 6.00. The number of piperidine rings is 1. The van der Waals surface area contributed by atoms with E-state index in [1.807, 2.05) is 12.1 Å². The predicted molar refractivity (Wildman–Crippen MR) is 106 cm³/mol. The zero-order valence-corrected chi connectivity index (χ0v) is 17.0. The van der Waals surface area contributed by atoms with Gasteiger partial charge in [0.2, 0.25) is 5.91 Å². The minimum Gasteiger partial charge on any atom is -0.469 e. The van der Waals surface area contributed by atoms with Gasteiger partial charge < -0.3 is 24.4 Å². The Balaban J connectivity index is 1.62. The number of likely N-dealkylation sites (tertiary alicyclic amines) is 1. The van der Waals surface area contributed by atoms with E-state index in [1.54, 1.807) is 25.0 Å². The van der Waals surface area contributed by atoms with Gasteiger partial charge in [0.25, 0.3) is 5.91 Å². The van der Waals surface area contributed by atoms with Crippen LogP contribution < -0.4 is 5.32 Å². The summed E-state index contributed by atoms with van der Waals surface area (Å²) in [6.07, 6.45) is 3.74. The first-order valence-corrected chi connectivity index (χ1v) is 9.79. The Bertz CT molecular complexity index is 885. The van der Waals surface area contributed by atoms with Crippen LogP contribution in [0.25, 0.3) is 0 Å². The number of ether oxygens (including phenoxy) is 1. The lowest BCUT2D eigenvalue weighted by atomic mass is 9.96. The molecule has 2 aromatic rings. The molecule has 0 radical (unpaired) electrons. The molecule has 2 amide bonds. The number of aromatic amines is 1. The number of esters is 1. The number of aryl methyl sites for hydroxylation is 1. The van der Waals surface area contributed by atoms with Crippen molar-refractivity contribution >= 4 is 17.8 Å². The molecule has 0 aromatic carbocycles. The number of carbonyl (C=O) groups excluding carboxylic acids is 3. The van der Waals surface area contributed by atoms with Crippen LogP contribution >= 0.6 is 0 Å². The van der Waals surface area contributed by atoms with E-state index >= 15 is 0 Å². The Morgan fingerprint density at radius 1 is 1.34 bits per heavy atom. The highest BCUT2D eigenvalue weighted by atomic mass is 16.5. The maximum absolute atomic E-state index is 13.0. The summed E-state index contributed by atoms with van der Waals surface area (Å²) in [5.74, 6) is -0.147. The Morgan fingerprint density at radius 2 is 2.14 bits per heavy atom. The summed E-state index contributed by atoms with van der Waals surface area (Å²) in [5, 5.41) is 2.93. The van der Waals surface area contributed by atoms with Gasteiger partial charge in [0, 0.05) is 31.7 Å². The molecule has 8 heteroatoms. The molecule has 2 N–H and O–H groups in total. The van der Waals surface area contributed by atoms with Crippen LogP contribution in [0.15, 0.2) is 22.8 Å². The standard InChI is InChI=1S/C21H27N3O5/c1-13-17(21(27)28-3)14(2)23-18(13)20(26)24-10-4-6-15(12-24)19(25)22-9-8-16-7-5-11-29-16/h5,7,11,15,23H,4,6,8-10,12H2,1-3H3,(H,22,25)/t15-/m0/s1. The van der Waals surface area contributed by atoms with E-state index < -0.39 is 5.97 Å². The number of nitrogens with zero attached hydrogens (tertiary/aromatic N) is 1. The normalized spacial score (nSPS) is 16.5. The lowest BCUT2D eigenvalue weighted by Gasteiger charge is -2.32. The fraction of sp³-hybridized carbons (Fsp3) is 0.476. The van der Waals surface area contributed by atoms with Gasteiger partial charge in [-0.05, 0) is 44.4 Å². The van der Waals surface area contributed by atoms with Gasteiger partial charge in [-0.2, -0.15) is 0 Å². The molecule has 1 atom stereocenters. The van der Waals surface area contributed by atoms with E-state index in [0.717, 1.165) is 18.6 Å². The maximum atomic E-state index is 13.0. The van der Waals surface area contributed by atoms with Crippen molar-refractivity contribution < 1.29 is 23.5 Å². The molecule has 0 unspecified atom stereocenters. The second-order valence-electron chi connectivity index (χ2n) is 7.33. The zero-order valence-electron chi connectivity index (χ0n) is 17.0. The number of hydrogen-bond acceptors (Lipinski definition) is 5. The SMILES string of the molecule is COC(=O)c1c(C)[nH]c(C(=O)N2CCC[C@H](C(=O)NCCc3ccco3)C2)c1C. The number of nitrogens with one attached hydrogen (secondary N) is 2. The van der Waals surface area contributed by atoms with Crippen molar-refractivity contribution in [1.82, 2.24) is 15.2 Å². The number of methoxy groups -OCH3 is 1. The third kappa shape index (κ3) is 4.52. The molecule has 29 heavy (non-hydrogen) atoms. The largest absolute Gasteiger partial charge is 0.469 e. The lowest BCUT2D eigenvalue weighted by molar-refractivity contribution is -0.126. The molecule has 3 rings (SSSR count). The monoisotopic (exact) mass is 401 g/mol. The molecule has 0 aliphatic carbocycles. The third-order valence-corrected chi connectivity index (χ3v) is 5.37. The van der Waals surface area contributed by atoms with E-state index in [1.165, 1.54) is 7.11 Å². The van der Waals surface area contributed by atoms with Crippen LogP contribution in [0.2, 0.25) is 0 Å². The maximum Gasteiger partial charge on any atom is 0.339 e. The number of aromatic nitrogens is 1. The molecular formula is C21H27N3O5. The van der Waals surface area contributed by atoms with Gasteiger partial charge in [-0.25, -0.2) is 4.79 Å². The highest BCUT2D eigenvalue weighted by Crippen LogP contribution is 2.23. The van der Waals surface area contributed by atoms with Gasteiger partial charge in [-0.3, -0.25) is 9.59 Å². The minimum absolute atomic E-state index is 0.0521. The number of amides is 2. The van der Waals surface area contributed by atoms with Crippen LogP contribution in [-0.2, 0) is 16.0 Å². The average molecular weight is 401 g/mol. The van der Waals surface area contributed by atoms with E-state index in [-0.39, 0.29) is 17.7 Å². The van der Waals surface area contributed by atoms with Crippen molar-refractivity contribution in [2.24, 2.45) is 5.92 Å². The molecule has 156 valence electrons. The fourth-order valence-electron chi connectivity index (χ4n) is 3.81. The van der Waals surface area contributed by atoms with Crippen LogP contribution in [0.1, 0.15) is 50.7 Å². The molecule has 0 saturated carbocycles. The first-order chi connectivity index (χ1) is 13.9. The van der Waals surface area contributed by atoms with Crippen LogP contribution in [0.4, 0.5) is 0 Å². The average Bonchev–Trinajstić information content (AvgIpc) is 3.34. The molecule has 1 aliphatic rings. The molecule has 8 nitrogen and oxygen atoms in total. The second kappa shape index (κ2) is 8.98. The van der Waals surface area contributed by atoms with E-state index in [4.69, 9.17) is 9.15 Å². The number of H-pyrrole nitrogens is 1. The van der Waals surface area contributed by atoms with Crippen molar-refractivity contribution in [2.75, 3.05) is 26.7 Å². The smallest absolute Gasteiger partial charge is 0.339 e. The van der Waals surface area contributed by atoms with Crippen LogP contribution in [0, 0.1) is 19.8 Å². The number of rotatable bonds is 6. The molecule has 3 heterocycles. The molecule has 0 bridgehead atoms. The Kier molecular flexibility index (Phi) is 6.41.